The van der Waals surface area contributed by atoms with Crippen LogP contribution in [-0.4, -0.2) is 6.54 Å². The number of hydrogen-bond donors (Lipinski definition) is 1. The fraction of sp³-hybridized carbons (Fsp3) is 0.647. The van der Waals surface area contributed by atoms with E-state index in [2.05, 4.69) is 19.2 Å². The smallest absolute Gasteiger partial charge is 0.126 e. The zero-order valence-corrected chi connectivity index (χ0v) is 12.4. The summed E-state index contributed by atoms with van der Waals surface area (Å²) in [5, 5.41) is 3.67. The molecule has 0 bridgehead atoms. The van der Waals surface area contributed by atoms with Crippen LogP contribution >= 0.6 is 0 Å². The van der Waals surface area contributed by atoms with Crippen molar-refractivity contribution in [2.45, 2.75) is 52.5 Å². The Kier molecular flexibility index (Phi) is 4.98. The molecule has 3 atom stereocenters. The van der Waals surface area contributed by atoms with Gasteiger partial charge >= 0.3 is 0 Å². The zero-order chi connectivity index (χ0) is 13.8. The van der Waals surface area contributed by atoms with Crippen molar-refractivity contribution in [3.8, 4) is 0 Å². The van der Waals surface area contributed by atoms with Crippen LogP contribution in [-0.2, 0) is 0 Å². The summed E-state index contributed by atoms with van der Waals surface area (Å²) in [4.78, 5) is 0. The lowest BCUT2D eigenvalue weighted by Crippen LogP contribution is -2.28. The third-order valence-corrected chi connectivity index (χ3v) is 4.36. The maximum atomic E-state index is 13.4. The average Bonchev–Trinajstić information content (AvgIpc) is 2.80. The Labute approximate surface area is 116 Å². The van der Waals surface area contributed by atoms with Crippen LogP contribution in [0.3, 0.4) is 0 Å². The monoisotopic (exact) mass is 263 g/mol. The summed E-state index contributed by atoms with van der Waals surface area (Å²) in [6.07, 6.45) is 5.05. The minimum Gasteiger partial charge on any atom is -0.310 e. The highest BCUT2D eigenvalue weighted by Crippen LogP contribution is 2.39. The van der Waals surface area contributed by atoms with Crippen molar-refractivity contribution in [2.24, 2.45) is 11.8 Å². The van der Waals surface area contributed by atoms with Gasteiger partial charge in [-0.3, -0.25) is 0 Å². The molecule has 0 spiro atoms. The number of aryl methyl sites for hydroxylation is 1. The summed E-state index contributed by atoms with van der Waals surface area (Å²) in [6.45, 7) is 7.42. The number of benzene rings is 1. The van der Waals surface area contributed by atoms with E-state index in [0.29, 0.717) is 12.0 Å². The lowest BCUT2D eigenvalue weighted by Gasteiger charge is -2.26. The molecule has 0 aromatic heterocycles. The number of rotatable bonds is 5. The van der Waals surface area contributed by atoms with Crippen LogP contribution in [0.4, 0.5) is 4.39 Å². The summed E-state index contributed by atoms with van der Waals surface area (Å²) in [5.41, 5.74) is 2.01. The van der Waals surface area contributed by atoms with E-state index < -0.39 is 0 Å². The second-order valence-corrected chi connectivity index (χ2v) is 6.12. The van der Waals surface area contributed by atoms with E-state index in [-0.39, 0.29) is 5.82 Å². The zero-order valence-electron chi connectivity index (χ0n) is 12.4. The number of halogens is 1. The highest BCUT2D eigenvalue weighted by Gasteiger charge is 2.29. The lowest BCUT2D eigenvalue weighted by atomic mass is 9.90. The summed E-state index contributed by atoms with van der Waals surface area (Å²) in [5.74, 6) is 1.43. The van der Waals surface area contributed by atoms with Crippen LogP contribution in [0, 0.1) is 24.6 Å². The molecule has 0 saturated heterocycles. The molecular formula is C17H26FN. The van der Waals surface area contributed by atoms with Gasteiger partial charge in [-0.15, -0.1) is 0 Å². The van der Waals surface area contributed by atoms with Crippen molar-refractivity contribution >= 4 is 0 Å². The molecule has 1 N–H and O–H groups in total. The van der Waals surface area contributed by atoms with Crippen molar-refractivity contribution in [1.29, 1.82) is 0 Å². The van der Waals surface area contributed by atoms with Crippen LogP contribution in [0.15, 0.2) is 18.2 Å². The minimum atomic E-state index is -0.0993. The van der Waals surface area contributed by atoms with Crippen LogP contribution < -0.4 is 5.32 Å². The molecule has 1 saturated carbocycles. The second-order valence-electron chi connectivity index (χ2n) is 6.12. The van der Waals surface area contributed by atoms with Crippen molar-refractivity contribution in [2.75, 3.05) is 6.54 Å². The van der Waals surface area contributed by atoms with Crippen molar-refractivity contribution < 1.29 is 4.39 Å². The van der Waals surface area contributed by atoms with Gasteiger partial charge in [-0.2, -0.15) is 0 Å². The molecule has 0 aliphatic heterocycles. The summed E-state index contributed by atoms with van der Waals surface area (Å²) in [7, 11) is 0. The predicted octanol–water partition coefficient (Wildman–Crippen LogP) is 4.61. The van der Waals surface area contributed by atoms with Gasteiger partial charge < -0.3 is 5.32 Å². The Hall–Kier alpha value is -0.890. The van der Waals surface area contributed by atoms with Crippen LogP contribution in [0.2, 0.25) is 0 Å². The second kappa shape index (κ2) is 6.51. The Bertz CT molecular complexity index is 416. The van der Waals surface area contributed by atoms with E-state index in [0.717, 1.165) is 24.4 Å². The van der Waals surface area contributed by atoms with Crippen molar-refractivity contribution in [3.63, 3.8) is 0 Å². The highest BCUT2D eigenvalue weighted by molar-refractivity contribution is 5.27. The predicted molar refractivity (Wildman–Crippen MR) is 78.7 cm³/mol. The molecule has 1 aromatic rings. The van der Waals surface area contributed by atoms with Gasteiger partial charge in [0.1, 0.15) is 5.82 Å². The lowest BCUT2D eigenvalue weighted by molar-refractivity contribution is 0.359. The van der Waals surface area contributed by atoms with E-state index in [9.17, 15) is 4.39 Å². The normalized spacial score (nSPS) is 24.6. The van der Waals surface area contributed by atoms with Gasteiger partial charge in [0, 0.05) is 6.04 Å². The Morgan fingerprint density at radius 2 is 2.16 bits per heavy atom. The molecule has 3 unspecified atom stereocenters. The molecule has 2 heteroatoms. The quantitative estimate of drug-likeness (QED) is 0.818. The summed E-state index contributed by atoms with van der Waals surface area (Å²) < 4.78 is 13.4. The van der Waals surface area contributed by atoms with E-state index in [1.807, 2.05) is 19.1 Å². The number of hydrogen-bond acceptors (Lipinski definition) is 1. The molecule has 1 aromatic carbocycles. The van der Waals surface area contributed by atoms with Gasteiger partial charge in [0.2, 0.25) is 0 Å². The molecule has 1 nitrogen and oxygen atoms in total. The fourth-order valence-corrected chi connectivity index (χ4v) is 3.27. The fourth-order valence-electron chi connectivity index (χ4n) is 3.27. The molecule has 106 valence electrons. The SMILES string of the molecule is CCCNC(c1ccc(F)c(C)c1)C1CCC(C)C1. The van der Waals surface area contributed by atoms with Gasteiger partial charge in [-0.05, 0) is 61.8 Å². The summed E-state index contributed by atoms with van der Waals surface area (Å²) in [6, 6.07) is 5.98. The molecule has 1 fully saturated rings. The molecule has 19 heavy (non-hydrogen) atoms. The first-order chi connectivity index (χ1) is 9.11. The summed E-state index contributed by atoms with van der Waals surface area (Å²) >= 11 is 0. The first-order valence-electron chi connectivity index (χ1n) is 7.61. The standard InChI is InChI=1S/C17H26FN/c1-4-9-19-17(14-6-5-12(2)10-14)15-7-8-16(18)13(3)11-15/h7-8,11-12,14,17,19H,4-6,9-10H2,1-3H3. The van der Waals surface area contributed by atoms with Crippen molar-refractivity contribution in [3.05, 3.63) is 35.1 Å². The largest absolute Gasteiger partial charge is 0.310 e. The average molecular weight is 263 g/mol. The van der Waals surface area contributed by atoms with E-state index in [1.165, 1.54) is 24.8 Å². The Balaban J connectivity index is 2.18. The molecule has 0 amide bonds. The van der Waals surface area contributed by atoms with Gasteiger partial charge in [-0.25, -0.2) is 4.39 Å². The highest BCUT2D eigenvalue weighted by atomic mass is 19.1. The van der Waals surface area contributed by atoms with Crippen LogP contribution in [0.5, 0.6) is 0 Å². The molecule has 0 heterocycles. The molecule has 2 rings (SSSR count). The first kappa shape index (κ1) is 14.5. The Morgan fingerprint density at radius 1 is 1.37 bits per heavy atom. The molecule has 1 aliphatic carbocycles. The van der Waals surface area contributed by atoms with Gasteiger partial charge in [0.15, 0.2) is 0 Å². The van der Waals surface area contributed by atoms with E-state index in [1.54, 1.807) is 6.07 Å². The maximum absolute atomic E-state index is 13.4. The Morgan fingerprint density at radius 3 is 2.74 bits per heavy atom. The molecule has 1 aliphatic rings. The van der Waals surface area contributed by atoms with Crippen LogP contribution in [0.1, 0.15) is 56.7 Å². The number of nitrogens with one attached hydrogen (secondary N) is 1. The molecule has 0 radical (unpaired) electrons. The van der Waals surface area contributed by atoms with E-state index in [4.69, 9.17) is 0 Å². The van der Waals surface area contributed by atoms with Gasteiger partial charge in [-0.1, -0.05) is 32.4 Å². The van der Waals surface area contributed by atoms with Crippen molar-refractivity contribution in [1.82, 2.24) is 5.32 Å². The third kappa shape index (κ3) is 3.56. The van der Waals surface area contributed by atoms with Gasteiger partial charge in [0.25, 0.3) is 0 Å². The third-order valence-electron chi connectivity index (χ3n) is 4.36. The maximum Gasteiger partial charge on any atom is 0.126 e. The van der Waals surface area contributed by atoms with E-state index >= 15 is 0 Å². The topological polar surface area (TPSA) is 12.0 Å². The first-order valence-corrected chi connectivity index (χ1v) is 7.61. The minimum absolute atomic E-state index is 0.0993. The van der Waals surface area contributed by atoms with Crippen LogP contribution in [0.25, 0.3) is 0 Å². The molecular weight excluding hydrogens is 237 g/mol. The van der Waals surface area contributed by atoms with Gasteiger partial charge in [0.05, 0.1) is 0 Å².